The van der Waals surface area contributed by atoms with Crippen molar-refractivity contribution in [1.82, 2.24) is 5.32 Å². The zero-order valence-electron chi connectivity index (χ0n) is 9.28. The fourth-order valence-corrected chi connectivity index (χ4v) is 2.38. The molecule has 2 rings (SSSR count). The lowest BCUT2D eigenvalue weighted by Gasteiger charge is -2.23. The van der Waals surface area contributed by atoms with E-state index in [-0.39, 0.29) is 5.91 Å². The third-order valence-corrected chi connectivity index (χ3v) is 3.83. The van der Waals surface area contributed by atoms with E-state index in [0.717, 1.165) is 36.7 Å². The van der Waals surface area contributed by atoms with Crippen molar-refractivity contribution in [2.24, 2.45) is 5.92 Å². The molecule has 1 fully saturated rings. The summed E-state index contributed by atoms with van der Waals surface area (Å²) in [7, 11) is 0. The predicted molar refractivity (Wildman–Crippen MR) is 65.2 cm³/mol. The molecule has 0 bridgehead atoms. The van der Waals surface area contributed by atoms with E-state index in [1.165, 1.54) is 6.42 Å². The van der Waals surface area contributed by atoms with Crippen LogP contribution in [0.25, 0.3) is 0 Å². The van der Waals surface area contributed by atoms with Crippen LogP contribution in [0.4, 0.5) is 0 Å². The molecule has 1 N–H and O–H groups in total. The smallest absolute Gasteiger partial charge is 0.223 e. The van der Waals surface area contributed by atoms with E-state index in [1.54, 1.807) is 18.0 Å². The molecule has 16 heavy (non-hydrogen) atoms. The fourth-order valence-electron chi connectivity index (χ4n) is 1.63. The lowest BCUT2D eigenvalue weighted by molar-refractivity contribution is -0.127. The summed E-state index contributed by atoms with van der Waals surface area (Å²) in [4.78, 5) is 11.5. The van der Waals surface area contributed by atoms with Crippen LogP contribution < -0.4 is 5.32 Å². The molecule has 1 aliphatic carbocycles. The maximum absolute atomic E-state index is 11.5. The fraction of sp³-hybridized carbons (Fsp3) is 0.583. The Labute approximate surface area is 100.0 Å². The first kappa shape index (κ1) is 11.6. The number of thioether (sulfide) groups is 1. The van der Waals surface area contributed by atoms with E-state index in [0.29, 0.717) is 5.92 Å². The van der Waals surface area contributed by atoms with Gasteiger partial charge in [-0.2, -0.15) is 11.8 Å². The van der Waals surface area contributed by atoms with Gasteiger partial charge in [-0.05, 0) is 25.0 Å². The van der Waals surface area contributed by atoms with E-state index in [1.807, 2.05) is 12.1 Å². The minimum atomic E-state index is 0.241. The second kappa shape index (κ2) is 5.99. The van der Waals surface area contributed by atoms with Crippen LogP contribution in [0.15, 0.2) is 22.8 Å². The minimum Gasteiger partial charge on any atom is -0.468 e. The van der Waals surface area contributed by atoms with Crippen molar-refractivity contribution in [3.63, 3.8) is 0 Å². The number of hydrogen-bond donors (Lipinski definition) is 1. The molecular weight excluding hydrogens is 222 g/mol. The second-order valence-electron chi connectivity index (χ2n) is 4.05. The van der Waals surface area contributed by atoms with E-state index in [2.05, 4.69) is 5.32 Å². The van der Waals surface area contributed by atoms with Crippen LogP contribution in [0.1, 0.15) is 25.0 Å². The summed E-state index contributed by atoms with van der Waals surface area (Å²) in [5, 5.41) is 2.97. The van der Waals surface area contributed by atoms with Gasteiger partial charge in [0.2, 0.25) is 5.91 Å². The Morgan fingerprint density at radius 3 is 3.06 bits per heavy atom. The first-order chi connectivity index (χ1) is 7.86. The molecule has 1 aliphatic rings. The molecule has 1 aromatic heterocycles. The van der Waals surface area contributed by atoms with Crippen molar-refractivity contribution in [3.8, 4) is 0 Å². The summed E-state index contributed by atoms with van der Waals surface area (Å²) in [6.45, 7) is 0.765. The summed E-state index contributed by atoms with van der Waals surface area (Å²) < 4.78 is 5.22. The average molecular weight is 239 g/mol. The molecule has 1 heterocycles. The van der Waals surface area contributed by atoms with Crippen LogP contribution in [0.2, 0.25) is 0 Å². The highest BCUT2D eigenvalue weighted by Crippen LogP contribution is 2.26. The standard InChI is InChI=1S/C12H17NO2S/c14-12(10-3-1-4-10)13-6-8-16-9-11-5-2-7-15-11/h2,5,7,10H,1,3-4,6,8-9H2,(H,13,14). The van der Waals surface area contributed by atoms with Crippen molar-refractivity contribution < 1.29 is 9.21 Å². The average Bonchev–Trinajstić information content (AvgIpc) is 2.67. The van der Waals surface area contributed by atoms with Gasteiger partial charge in [-0.1, -0.05) is 6.42 Å². The maximum atomic E-state index is 11.5. The van der Waals surface area contributed by atoms with Gasteiger partial charge in [0.05, 0.1) is 12.0 Å². The molecule has 1 saturated carbocycles. The largest absolute Gasteiger partial charge is 0.468 e. The molecule has 3 nitrogen and oxygen atoms in total. The SMILES string of the molecule is O=C(NCCSCc1ccco1)C1CCC1. The molecule has 1 aromatic rings. The zero-order valence-corrected chi connectivity index (χ0v) is 10.1. The van der Waals surface area contributed by atoms with Crippen molar-refractivity contribution >= 4 is 17.7 Å². The lowest BCUT2D eigenvalue weighted by Crippen LogP contribution is -2.35. The van der Waals surface area contributed by atoms with Gasteiger partial charge in [-0.15, -0.1) is 0 Å². The summed E-state index contributed by atoms with van der Waals surface area (Å²) in [6.07, 6.45) is 5.05. The van der Waals surface area contributed by atoms with Gasteiger partial charge in [-0.25, -0.2) is 0 Å². The molecular formula is C12H17NO2S. The number of carbonyl (C=O) groups excluding carboxylic acids is 1. The normalized spacial score (nSPS) is 15.8. The van der Waals surface area contributed by atoms with Gasteiger partial charge in [0.25, 0.3) is 0 Å². The predicted octanol–water partition coefficient (Wildman–Crippen LogP) is 2.43. The third-order valence-electron chi connectivity index (χ3n) is 2.85. The summed E-state index contributed by atoms with van der Waals surface area (Å²) in [6, 6.07) is 3.87. The number of furan rings is 1. The number of carbonyl (C=O) groups is 1. The van der Waals surface area contributed by atoms with Crippen LogP contribution in [0, 0.1) is 5.92 Å². The Morgan fingerprint density at radius 2 is 2.44 bits per heavy atom. The molecule has 88 valence electrons. The minimum absolute atomic E-state index is 0.241. The maximum Gasteiger partial charge on any atom is 0.223 e. The first-order valence-electron chi connectivity index (χ1n) is 5.74. The molecule has 4 heteroatoms. The monoisotopic (exact) mass is 239 g/mol. The third kappa shape index (κ3) is 3.30. The topological polar surface area (TPSA) is 42.2 Å². The highest BCUT2D eigenvalue weighted by atomic mass is 32.2. The first-order valence-corrected chi connectivity index (χ1v) is 6.89. The Morgan fingerprint density at radius 1 is 1.56 bits per heavy atom. The zero-order chi connectivity index (χ0) is 11.2. The Bertz CT molecular complexity index is 320. The van der Waals surface area contributed by atoms with Crippen LogP contribution in [0.5, 0.6) is 0 Å². The molecule has 0 aliphatic heterocycles. The van der Waals surface area contributed by atoms with Crippen molar-refractivity contribution in [3.05, 3.63) is 24.2 Å². The Balaban J connectivity index is 1.50. The van der Waals surface area contributed by atoms with E-state index in [4.69, 9.17) is 4.42 Å². The van der Waals surface area contributed by atoms with E-state index in [9.17, 15) is 4.79 Å². The van der Waals surface area contributed by atoms with Crippen LogP contribution in [-0.2, 0) is 10.5 Å². The number of hydrogen-bond acceptors (Lipinski definition) is 3. The van der Waals surface area contributed by atoms with Crippen molar-refractivity contribution in [2.75, 3.05) is 12.3 Å². The quantitative estimate of drug-likeness (QED) is 0.775. The molecule has 1 amide bonds. The molecule has 0 atom stereocenters. The lowest BCUT2D eigenvalue weighted by atomic mass is 9.85. The van der Waals surface area contributed by atoms with Crippen LogP contribution in [-0.4, -0.2) is 18.2 Å². The Hall–Kier alpha value is -0.900. The van der Waals surface area contributed by atoms with Gasteiger partial charge < -0.3 is 9.73 Å². The number of rotatable bonds is 6. The molecule has 0 unspecified atom stereocenters. The van der Waals surface area contributed by atoms with Crippen molar-refractivity contribution in [2.45, 2.75) is 25.0 Å². The van der Waals surface area contributed by atoms with Gasteiger partial charge in [-0.3, -0.25) is 4.79 Å². The van der Waals surface area contributed by atoms with Crippen molar-refractivity contribution in [1.29, 1.82) is 0 Å². The highest BCUT2D eigenvalue weighted by molar-refractivity contribution is 7.98. The van der Waals surface area contributed by atoms with Crippen LogP contribution >= 0.6 is 11.8 Å². The molecule has 0 saturated heterocycles. The van der Waals surface area contributed by atoms with Crippen LogP contribution in [0.3, 0.4) is 0 Å². The summed E-state index contributed by atoms with van der Waals surface area (Å²) in [5.41, 5.74) is 0. The Kier molecular flexibility index (Phi) is 4.34. The van der Waals surface area contributed by atoms with Gasteiger partial charge in [0.1, 0.15) is 5.76 Å². The van der Waals surface area contributed by atoms with E-state index >= 15 is 0 Å². The molecule has 0 radical (unpaired) electrons. The van der Waals surface area contributed by atoms with E-state index < -0.39 is 0 Å². The molecule has 0 spiro atoms. The van der Waals surface area contributed by atoms with Gasteiger partial charge in [0.15, 0.2) is 0 Å². The summed E-state index contributed by atoms with van der Waals surface area (Å²) in [5.74, 6) is 3.36. The number of amides is 1. The summed E-state index contributed by atoms with van der Waals surface area (Å²) >= 11 is 1.78. The number of nitrogens with one attached hydrogen (secondary N) is 1. The second-order valence-corrected chi connectivity index (χ2v) is 5.16. The molecule has 0 aromatic carbocycles. The van der Waals surface area contributed by atoms with Gasteiger partial charge >= 0.3 is 0 Å². The highest BCUT2D eigenvalue weighted by Gasteiger charge is 2.24. The van der Waals surface area contributed by atoms with Gasteiger partial charge in [0, 0.05) is 18.2 Å².